The van der Waals surface area contributed by atoms with E-state index in [4.69, 9.17) is 14.2 Å². The fourth-order valence-electron chi connectivity index (χ4n) is 11.3. The van der Waals surface area contributed by atoms with Gasteiger partial charge in [-0.05, 0) is 130 Å². The Labute approximate surface area is 246 Å². The van der Waals surface area contributed by atoms with Gasteiger partial charge in [0.15, 0.2) is 0 Å². The lowest BCUT2D eigenvalue weighted by molar-refractivity contribution is -0.160. The molecule has 7 nitrogen and oxygen atoms in total. The van der Waals surface area contributed by atoms with Gasteiger partial charge in [0.25, 0.3) is 0 Å². The van der Waals surface area contributed by atoms with Gasteiger partial charge in [0.1, 0.15) is 6.10 Å². The number of methoxy groups -OCH3 is 2. The van der Waals surface area contributed by atoms with Gasteiger partial charge in [0, 0.05) is 6.92 Å². The van der Waals surface area contributed by atoms with Gasteiger partial charge in [-0.15, -0.1) is 0 Å². The second kappa shape index (κ2) is 11.8. The number of hydrogen-bond acceptors (Lipinski definition) is 7. The molecule has 7 heteroatoms. The van der Waals surface area contributed by atoms with Gasteiger partial charge in [0.2, 0.25) is 0 Å². The molecule has 1 aliphatic heterocycles. The van der Waals surface area contributed by atoms with Gasteiger partial charge >= 0.3 is 17.9 Å². The summed E-state index contributed by atoms with van der Waals surface area (Å²) < 4.78 is 20.6. The maximum Gasteiger partial charge on any atom is 0.309 e. The van der Waals surface area contributed by atoms with Crippen LogP contribution in [0.3, 0.4) is 0 Å². The van der Waals surface area contributed by atoms with Crippen molar-refractivity contribution in [3.05, 3.63) is 0 Å². The van der Waals surface area contributed by atoms with Gasteiger partial charge in [0.05, 0.1) is 38.3 Å². The average molecular weight is 573 g/mol. The number of hydrogen-bond donors (Lipinski definition) is 0. The van der Waals surface area contributed by atoms with E-state index in [-0.39, 0.29) is 35.8 Å². The monoisotopic (exact) mass is 572 g/mol. The van der Waals surface area contributed by atoms with Crippen LogP contribution in [0.4, 0.5) is 0 Å². The third-order valence-corrected chi connectivity index (χ3v) is 13.0. The molecule has 7 aliphatic carbocycles. The number of ether oxygens (including phenoxy) is 4. The second-order valence-corrected chi connectivity index (χ2v) is 14.8. The lowest BCUT2D eigenvalue weighted by atomic mass is 9.70. The fraction of sp³-hybridized carbons (Fsp3) is 0.912. The van der Waals surface area contributed by atoms with E-state index in [2.05, 4.69) is 4.74 Å². The van der Waals surface area contributed by atoms with E-state index in [0.717, 1.165) is 78.3 Å². The van der Waals surface area contributed by atoms with Crippen LogP contribution in [0.5, 0.6) is 0 Å². The van der Waals surface area contributed by atoms with Crippen molar-refractivity contribution in [3.63, 3.8) is 0 Å². The molecule has 230 valence electrons. The zero-order chi connectivity index (χ0) is 29.0. The van der Waals surface area contributed by atoms with Crippen LogP contribution in [0.15, 0.2) is 0 Å². The van der Waals surface area contributed by atoms with Crippen molar-refractivity contribution in [1.82, 2.24) is 0 Å². The third kappa shape index (κ3) is 5.47. The predicted molar refractivity (Wildman–Crippen MR) is 152 cm³/mol. The quantitative estimate of drug-likeness (QED) is 0.171. The van der Waals surface area contributed by atoms with Crippen LogP contribution in [0.1, 0.15) is 91.4 Å². The topological polar surface area (TPSA) is 91.4 Å². The summed E-state index contributed by atoms with van der Waals surface area (Å²) >= 11 is 0. The van der Waals surface area contributed by atoms with Crippen molar-refractivity contribution >= 4 is 17.9 Å². The fourth-order valence-corrected chi connectivity index (χ4v) is 11.3. The van der Waals surface area contributed by atoms with Crippen LogP contribution < -0.4 is 0 Å². The van der Waals surface area contributed by atoms with Crippen molar-refractivity contribution < 1.29 is 33.3 Å². The number of fused-ring (bicyclic) bond motifs is 16. The van der Waals surface area contributed by atoms with Gasteiger partial charge in [-0.1, -0.05) is 13.8 Å². The Kier molecular flexibility index (Phi) is 8.48. The minimum Gasteiger partial charge on any atom is -0.469 e. The van der Waals surface area contributed by atoms with E-state index >= 15 is 0 Å². The Morgan fingerprint density at radius 2 is 1.39 bits per heavy atom. The maximum atomic E-state index is 12.7. The minimum atomic E-state index is -0.252. The Balaban J connectivity index is 0.000000153. The van der Waals surface area contributed by atoms with Gasteiger partial charge in [-0.2, -0.15) is 0 Å². The van der Waals surface area contributed by atoms with E-state index in [1.54, 1.807) is 12.8 Å². The molecular formula is C34H52O7. The number of esters is 3. The van der Waals surface area contributed by atoms with E-state index in [0.29, 0.717) is 12.3 Å². The lowest BCUT2D eigenvalue weighted by Gasteiger charge is -2.38. The molecule has 7 saturated carbocycles. The molecule has 8 rings (SSSR count). The zero-order valence-electron chi connectivity index (χ0n) is 25.8. The van der Waals surface area contributed by atoms with E-state index in [1.807, 2.05) is 13.8 Å². The molecule has 8 aliphatic rings. The highest BCUT2D eigenvalue weighted by atomic mass is 16.6. The first-order valence-electron chi connectivity index (χ1n) is 16.7. The van der Waals surface area contributed by atoms with Gasteiger partial charge in [-0.25, -0.2) is 0 Å². The average Bonchev–Trinajstić information content (AvgIpc) is 3.70. The smallest absolute Gasteiger partial charge is 0.309 e. The van der Waals surface area contributed by atoms with Crippen LogP contribution in [0.2, 0.25) is 0 Å². The van der Waals surface area contributed by atoms with Gasteiger partial charge in [-0.3, -0.25) is 14.4 Å². The van der Waals surface area contributed by atoms with E-state index < -0.39 is 0 Å². The maximum absolute atomic E-state index is 12.7. The first-order valence-corrected chi connectivity index (χ1v) is 16.7. The van der Waals surface area contributed by atoms with Crippen molar-refractivity contribution in [3.8, 4) is 0 Å². The predicted octanol–water partition coefficient (Wildman–Crippen LogP) is 5.82. The van der Waals surface area contributed by atoms with Crippen LogP contribution >= 0.6 is 0 Å². The molecule has 0 amide bonds. The molecule has 1 heterocycles. The Bertz CT molecular complexity index is 996. The molecule has 0 aromatic carbocycles. The highest BCUT2D eigenvalue weighted by molar-refractivity contribution is 5.76. The highest BCUT2D eigenvalue weighted by Crippen LogP contribution is 2.68. The van der Waals surface area contributed by atoms with Crippen molar-refractivity contribution in [2.75, 3.05) is 14.2 Å². The molecule has 1 saturated heterocycles. The normalized spacial score (nSPS) is 45.7. The molecule has 15 atom stereocenters. The van der Waals surface area contributed by atoms with Crippen molar-refractivity contribution in [2.45, 2.75) is 110 Å². The molecule has 41 heavy (non-hydrogen) atoms. The summed E-state index contributed by atoms with van der Waals surface area (Å²) in [7, 11) is 2.75. The Hall–Kier alpha value is -1.63. The van der Waals surface area contributed by atoms with Crippen LogP contribution in [0.25, 0.3) is 0 Å². The number of rotatable bonds is 6. The molecule has 0 aromatic rings. The first-order chi connectivity index (χ1) is 19.7. The summed E-state index contributed by atoms with van der Waals surface area (Å²) in [6.07, 6.45) is 15.6. The summed E-state index contributed by atoms with van der Waals surface area (Å²) in [5.41, 5.74) is 0. The van der Waals surface area contributed by atoms with Crippen LogP contribution in [-0.2, 0) is 33.3 Å². The zero-order valence-corrected chi connectivity index (χ0v) is 25.8. The molecule has 15 unspecified atom stereocenters. The number of carbonyl (C=O) groups excluding carboxylic acids is 3. The standard InChI is InChI=1S/C21H32O4.C10H14O.C3H6O2/c1-4-12(7-11(2)20(22)24-3)21(23)25-17-10-15-9-16(17)19-14-6-5-13(8-14)18(15)19;1-2-6-3-5(1)7-4-8-10(11-8)9(6)7;1-3(4)5-2/h11-19H,4-10H2,1-3H3;5-10H,1-4H2;1-2H3. The number of carbonyl (C=O) groups is 3. The van der Waals surface area contributed by atoms with Gasteiger partial charge < -0.3 is 18.9 Å². The second-order valence-electron chi connectivity index (χ2n) is 14.8. The molecular weight excluding hydrogens is 520 g/mol. The summed E-state index contributed by atoms with van der Waals surface area (Å²) in [6, 6.07) is 0. The minimum absolute atomic E-state index is 0.0875. The number of epoxide rings is 1. The molecule has 0 aromatic heterocycles. The highest BCUT2D eigenvalue weighted by Gasteiger charge is 2.64. The van der Waals surface area contributed by atoms with Crippen LogP contribution in [-0.4, -0.2) is 50.4 Å². The Morgan fingerprint density at radius 3 is 2.02 bits per heavy atom. The summed E-state index contributed by atoms with van der Waals surface area (Å²) in [5.74, 6) is 8.42. The molecule has 8 fully saturated rings. The SMILES string of the molecule is C1CC2CC1C1CC3OC3C21.CCC(CC(C)C(=O)OC)C(=O)OC1CC2CC1C1C3CCC(C3)C21.COC(C)=O. The lowest BCUT2D eigenvalue weighted by Crippen LogP contribution is -2.38. The molecule has 0 radical (unpaired) electrons. The van der Waals surface area contributed by atoms with Crippen molar-refractivity contribution in [2.24, 2.45) is 71.0 Å². The molecule has 6 bridgehead atoms. The van der Waals surface area contributed by atoms with Crippen molar-refractivity contribution in [1.29, 1.82) is 0 Å². The first kappa shape index (κ1) is 29.4. The Morgan fingerprint density at radius 1 is 0.756 bits per heavy atom. The largest absolute Gasteiger partial charge is 0.469 e. The summed E-state index contributed by atoms with van der Waals surface area (Å²) in [6.45, 7) is 5.20. The third-order valence-electron chi connectivity index (χ3n) is 13.0. The van der Waals surface area contributed by atoms with E-state index in [1.165, 1.54) is 59.7 Å². The van der Waals surface area contributed by atoms with E-state index in [9.17, 15) is 14.4 Å². The molecule has 0 spiro atoms. The summed E-state index contributed by atoms with van der Waals surface area (Å²) in [4.78, 5) is 34.0. The van der Waals surface area contributed by atoms with Crippen LogP contribution in [0, 0.1) is 71.0 Å². The summed E-state index contributed by atoms with van der Waals surface area (Å²) in [5, 5.41) is 0. The molecule has 0 N–H and O–H groups in total.